The number of halogens is 1. The Labute approximate surface area is 163 Å². The molecule has 0 aromatic heterocycles. The van der Waals surface area contributed by atoms with Crippen LogP contribution in [0.15, 0.2) is 42.5 Å². The molecule has 0 spiro atoms. The standard InChI is InChI=1S/C22H24FNO4/c1-22(2,21(26)27)11-13-28-19-10-9-16(14-17(19)23)20(25)24-12-5-7-15-6-3-4-8-18(15)24/h3-4,6,8-10,14H,5,7,11-13H2,1-2H3,(H,26,27). The number of hydrogen-bond acceptors (Lipinski definition) is 3. The van der Waals surface area contributed by atoms with Gasteiger partial charge >= 0.3 is 5.97 Å². The maximum Gasteiger partial charge on any atom is 0.309 e. The van der Waals surface area contributed by atoms with Crippen molar-refractivity contribution in [2.24, 2.45) is 5.41 Å². The molecule has 148 valence electrons. The SMILES string of the molecule is CC(C)(CCOc1ccc(C(=O)N2CCCc3ccccc32)cc1F)C(=O)O. The molecule has 0 radical (unpaired) electrons. The van der Waals surface area contributed by atoms with Gasteiger partial charge in [0.2, 0.25) is 0 Å². The quantitative estimate of drug-likeness (QED) is 0.805. The molecule has 1 aliphatic heterocycles. The number of carbonyl (C=O) groups excluding carboxylic acids is 1. The third-order valence-electron chi connectivity index (χ3n) is 5.10. The number of rotatable bonds is 6. The summed E-state index contributed by atoms with van der Waals surface area (Å²) in [6.07, 6.45) is 2.03. The molecular weight excluding hydrogens is 361 g/mol. The summed E-state index contributed by atoms with van der Waals surface area (Å²) in [5.74, 6) is -1.80. The van der Waals surface area contributed by atoms with E-state index in [4.69, 9.17) is 9.84 Å². The zero-order chi connectivity index (χ0) is 20.3. The second-order valence-electron chi connectivity index (χ2n) is 7.62. The van der Waals surface area contributed by atoms with Gasteiger partial charge in [-0.05, 0) is 62.9 Å². The van der Waals surface area contributed by atoms with Crippen molar-refractivity contribution in [2.45, 2.75) is 33.1 Å². The first-order valence-corrected chi connectivity index (χ1v) is 9.35. The maximum absolute atomic E-state index is 14.4. The minimum absolute atomic E-state index is 0.0109. The largest absolute Gasteiger partial charge is 0.490 e. The smallest absolute Gasteiger partial charge is 0.309 e. The van der Waals surface area contributed by atoms with E-state index in [1.165, 1.54) is 12.1 Å². The Kier molecular flexibility index (Phi) is 5.68. The number of fused-ring (bicyclic) bond motifs is 1. The number of carboxylic acid groups (broad SMARTS) is 1. The van der Waals surface area contributed by atoms with Gasteiger partial charge < -0.3 is 14.7 Å². The predicted octanol–water partition coefficient (Wildman–Crippen LogP) is 4.30. The van der Waals surface area contributed by atoms with Crippen LogP contribution in [0.25, 0.3) is 0 Å². The van der Waals surface area contributed by atoms with Gasteiger partial charge in [-0.2, -0.15) is 0 Å². The Morgan fingerprint density at radius 3 is 2.68 bits per heavy atom. The van der Waals surface area contributed by atoms with Crippen LogP contribution in [0.3, 0.4) is 0 Å². The number of para-hydroxylation sites is 1. The van der Waals surface area contributed by atoms with Gasteiger partial charge in [0.1, 0.15) is 0 Å². The van der Waals surface area contributed by atoms with E-state index in [9.17, 15) is 14.0 Å². The summed E-state index contributed by atoms with van der Waals surface area (Å²) in [6.45, 7) is 3.85. The van der Waals surface area contributed by atoms with Gasteiger partial charge in [0.15, 0.2) is 11.6 Å². The first-order chi connectivity index (χ1) is 13.3. The number of anilines is 1. The van der Waals surface area contributed by atoms with E-state index in [0.29, 0.717) is 6.54 Å². The summed E-state index contributed by atoms with van der Waals surface area (Å²) in [7, 11) is 0. The minimum Gasteiger partial charge on any atom is -0.490 e. The van der Waals surface area contributed by atoms with Gasteiger partial charge in [-0.3, -0.25) is 9.59 Å². The molecule has 0 fully saturated rings. The Balaban J connectivity index is 1.71. The second kappa shape index (κ2) is 8.00. The highest BCUT2D eigenvalue weighted by atomic mass is 19.1. The van der Waals surface area contributed by atoms with Crippen molar-refractivity contribution >= 4 is 17.6 Å². The number of amides is 1. The van der Waals surface area contributed by atoms with Gasteiger partial charge in [-0.25, -0.2) is 4.39 Å². The van der Waals surface area contributed by atoms with Crippen molar-refractivity contribution in [2.75, 3.05) is 18.1 Å². The summed E-state index contributed by atoms with van der Waals surface area (Å²) in [6, 6.07) is 11.9. The van der Waals surface area contributed by atoms with Crippen LogP contribution in [-0.2, 0) is 11.2 Å². The lowest BCUT2D eigenvalue weighted by molar-refractivity contribution is -0.147. The lowest BCUT2D eigenvalue weighted by Crippen LogP contribution is -2.35. The first kappa shape index (κ1) is 19.9. The fraction of sp³-hybridized carbons (Fsp3) is 0.364. The molecule has 0 bridgehead atoms. The molecule has 0 aliphatic carbocycles. The van der Waals surface area contributed by atoms with Crippen LogP contribution < -0.4 is 9.64 Å². The van der Waals surface area contributed by atoms with Crippen molar-refractivity contribution in [3.63, 3.8) is 0 Å². The Hall–Kier alpha value is -2.89. The van der Waals surface area contributed by atoms with E-state index in [-0.39, 0.29) is 30.2 Å². The number of aliphatic carboxylic acids is 1. The molecule has 0 saturated carbocycles. The van der Waals surface area contributed by atoms with Crippen molar-refractivity contribution in [1.82, 2.24) is 0 Å². The van der Waals surface area contributed by atoms with Crippen LogP contribution in [0.5, 0.6) is 5.75 Å². The fourth-order valence-corrected chi connectivity index (χ4v) is 3.17. The van der Waals surface area contributed by atoms with Crippen molar-refractivity contribution < 1.29 is 23.8 Å². The van der Waals surface area contributed by atoms with Gasteiger partial charge in [-0.1, -0.05) is 18.2 Å². The molecule has 6 heteroatoms. The molecule has 0 saturated heterocycles. The van der Waals surface area contributed by atoms with Gasteiger partial charge in [-0.15, -0.1) is 0 Å². The third-order valence-corrected chi connectivity index (χ3v) is 5.10. The average Bonchev–Trinajstić information content (AvgIpc) is 2.68. The van der Waals surface area contributed by atoms with E-state index < -0.39 is 17.2 Å². The Bertz CT molecular complexity index is 894. The maximum atomic E-state index is 14.4. The summed E-state index contributed by atoms with van der Waals surface area (Å²) in [4.78, 5) is 25.7. The van der Waals surface area contributed by atoms with Crippen LogP contribution in [-0.4, -0.2) is 30.1 Å². The van der Waals surface area contributed by atoms with E-state index in [2.05, 4.69) is 0 Å². The average molecular weight is 385 g/mol. The summed E-state index contributed by atoms with van der Waals surface area (Å²) in [5, 5.41) is 9.11. The lowest BCUT2D eigenvalue weighted by atomic mass is 9.90. The van der Waals surface area contributed by atoms with Crippen molar-refractivity contribution in [3.05, 3.63) is 59.4 Å². The fourth-order valence-electron chi connectivity index (χ4n) is 3.17. The van der Waals surface area contributed by atoms with Gasteiger partial charge in [0.25, 0.3) is 5.91 Å². The predicted molar refractivity (Wildman–Crippen MR) is 104 cm³/mol. The van der Waals surface area contributed by atoms with E-state index in [1.54, 1.807) is 24.8 Å². The monoisotopic (exact) mass is 385 g/mol. The lowest BCUT2D eigenvalue weighted by Gasteiger charge is -2.29. The number of carboxylic acids is 1. The molecule has 1 N–H and O–H groups in total. The van der Waals surface area contributed by atoms with E-state index >= 15 is 0 Å². The highest BCUT2D eigenvalue weighted by Gasteiger charge is 2.27. The van der Waals surface area contributed by atoms with Crippen LogP contribution in [0.4, 0.5) is 10.1 Å². The molecule has 2 aromatic carbocycles. The summed E-state index contributed by atoms with van der Waals surface area (Å²) < 4.78 is 19.8. The molecule has 5 nitrogen and oxygen atoms in total. The topological polar surface area (TPSA) is 66.8 Å². The zero-order valence-corrected chi connectivity index (χ0v) is 16.1. The van der Waals surface area contributed by atoms with Crippen LogP contribution in [0.1, 0.15) is 42.6 Å². The highest BCUT2D eigenvalue weighted by Crippen LogP contribution is 2.29. The normalized spacial score (nSPS) is 13.8. The van der Waals surface area contributed by atoms with E-state index in [0.717, 1.165) is 24.1 Å². The van der Waals surface area contributed by atoms with Crippen LogP contribution in [0.2, 0.25) is 0 Å². The van der Waals surface area contributed by atoms with Gasteiger partial charge in [0, 0.05) is 17.8 Å². The summed E-state index contributed by atoms with van der Waals surface area (Å²) in [5.41, 5.74) is 1.29. The van der Waals surface area contributed by atoms with Crippen molar-refractivity contribution in [1.29, 1.82) is 0 Å². The molecule has 2 aromatic rings. The first-order valence-electron chi connectivity index (χ1n) is 9.35. The molecule has 0 atom stereocenters. The highest BCUT2D eigenvalue weighted by molar-refractivity contribution is 6.06. The number of hydrogen-bond donors (Lipinski definition) is 1. The van der Waals surface area contributed by atoms with Crippen LogP contribution in [0, 0.1) is 11.2 Å². The third kappa shape index (κ3) is 4.16. The molecule has 1 amide bonds. The Morgan fingerprint density at radius 2 is 1.96 bits per heavy atom. The molecule has 1 heterocycles. The molecular formula is C22H24FNO4. The number of carbonyl (C=O) groups is 2. The number of ether oxygens (including phenoxy) is 1. The molecule has 1 aliphatic rings. The van der Waals surface area contributed by atoms with Crippen LogP contribution >= 0.6 is 0 Å². The number of benzene rings is 2. The zero-order valence-electron chi connectivity index (χ0n) is 16.1. The summed E-state index contributed by atoms with van der Waals surface area (Å²) >= 11 is 0. The van der Waals surface area contributed by atoms with E-state index in [1.807, 2.05) is 24.3 Å². The number of aryl methyl sites for hydroxylation is 1. The molecule has 0 unspecified atom stereocenters. The van der Waals surface area contributed by atoms with Crippen molar-refractivity contribution in [3.8, 4) is 5.75 Å². The number of nitrogens with zero attached hydrogens (tertiary/aromatic N) is 1. The van der Waals surface area contributed by atoms with Gasteiger partial charge in [0.05, 0.1) is 12.0 Å². The molecule has 28 heavy (non-hydrogen) atoms. The second-order valence-corrected chi connectivity index (χ2v) is 7.62. The minimum atomic E-state index is -0.950. The Morgan fingerprint density at radius 1 is 1.21 bits per heavy atom. The molecule has 3 rings (SSSR count).